The van der Waals surface area contributed by atoms with E-state index in [1.54, 1.807) is 54.7 Å². The first kappa shape index (κ1) is 20.0. The number of hydrogen-bond acceptors (Lipinski definition) is 5. The number of carbonyl (C=O) groups is 4. The lowest BCUT2D eigenvalue weighted by Crippen LogP contribution is -2.28. The molecule has 9 nitrogen and oxygen atoms in total. The Kier molecular flexibility index (Phi) is 5.31. The summed E-state index contributed by atoms with van der Waals surface area (Å²) in [6, 6.07) is 15.2. The maximum absolute atomic E-state index is 12.5. The second-order valence-electron chi connectivity index (χ2n) is 7.08. The molecule has 2 heterocycles. The van der Waals surface area contributed by atoms with Gasteiger partial charge in [0.05, 0.1) is 12.2 Å². The maximum Gasteiger partial charge on any atom is 0.269 e. The summed E-state index contributed by atoms with van der Waals surface area (Å²) in [6.45, 7) is 0.214. The second-order valence-corrected chi connectivity index (χ2v) is 7.08. The fourth-order valence-electron chi connectivity index (χ4n) is 3.24. The molecule has 1 aromatic heterocycles. The van der Waals surface area contributed by atoms with Gasteiger partial charge < -0.3 is 11.1 Å². The molecule has 0 unspecified atom stereocenters. The van der Waals surface area contributed by atoms with Crippen molar-refractivity contribution in [2.75, 3.05) is 5.32 Å². The molecule has 0 atom stereocenters. The smallest absolute Gasteiger partial charge is 0.269 e. The minimum atomic E-state index is -0.604. The lowest BCUT2D eigenvalue weighted by Gasteiger charge is -2.14. The van der Waals surface area contributed by atoms with E-state index in [0.717, 1.165) is 5.56 Å². The Hall–Kier alpha value is -4.27. The summed E-state index contributed by atoms with van der Waals surface area (Å²) in [7, 11) is 0. The first-order chi connectivity index (χ1) is 14.9. The number of nitrogens with zero attached hydrogens (tertiary/aromatic N) is 3. The van der Waals surface area contributed by atoms with Crippen LogP contribution in [0.15, 0.2) is 60.8 Å². The van der Waals surface area contributed by atoms with Crippen LogP contribution >= 0.6 is 0 Å². The number of nitrogens with two attached hydrogens (primary N) is 1. The van der Waals surface area contributed by atoms with Crippen molar-refractivity contribution in [2.24, 2.45) is 5.73 Å². The van der Waals surface area contributed by atoms with Crippen LogP contribution in [0.3, 0.4) is 0 Å². The third-order valence-electron chi connectivity index (χ3n) is 4.94. The van der Waals surface area contributed by atoms with Gasteiger partial charge in [-0.25, -0.2) is 4.68 Å². The minimum Gasteiger partial charge on any atom is -0.364 e. The molecule has 0 spiro atoms. The van der Waals surface area contributed by atoms with Gasteiger partial charge in [0.2, 0.25) is 11.8 Å². The Bertz CT molecular complexity index is 1150. The van der Waals surface area contributed by atoms with Crippen molar-refractivity contribution in [1.82, 2.24) is 14.7 Å². The summed E-state index contributed by atoms with van der Waals surface area (Å²) in [5.41, 5.74) is 7.90. The molecule has 31 heavy (non-hydrogen) atoms. The molecule has 0 radical (unpaired) electrons. The number of benzene rings is 2. The summed E-state index contributed by atoms with van der Waals surface area (Å²) >= 11 is 0. The van der Waals surface area contributed by atoms with Crippen molar-refractivity contribution in [3.8, 4) is 5.69 Å². The van der Waals surface area contributed by atoms with E-state index in [2.05, 4.69) is 10.4 Å². The summed E-state index contributed by atoms with van der Waals surface area (Å²) in [6.07, 6.45) is 2.13. The SMILES string of the molecule is NC(=O)c1ccn(-c2ccc(NC(=O)c3ccc(CN4C(=O)CCC4=O)cc3)cc2)n1. The summed E-state index contributed by atoms with van der Waals surface area (Å²) in [4.78, 5) is 48.4. The predicted molar refractivity (Wildman–Crippen MR) is 111 cm³/mol. The average Bonchev–Trinajstić information content (AvgIpc) is 3.38. The molecule has 9 heteroatoms. The number of anilines is 1. The van der Waals surface area contributed by atoms with Crippen LogP contribution in [0, 0.1) is 0 Å². The van der Waals surface area contributed by atoms with Crippen molar-refractivity contribution in [2.45, 2.75) is 19.4 Å². The number of imide groups is 1. The predicted octanol–water partition coefficient (Wildman–Crippen LogP) is 1.87. The lowest BCUT2D eigenvalue weighted by atomic mass is 10.1. The number of primary amides is 1. The molecule has 2 aromatic carbocycles. The molecule has 3 aromatic rings. The standard InChI is InChI=1S/C22H19N5O4/c23-21(30)18-11-12-27(25-18)17-7-5-16(6-8-17)24-22(31)15-3-1-14(2-4-15)13-26-19(28)9-10-20(26)29/h1-8,11-12H,9-10,13H2,(H2,23,30)(H,24,31). The van der Waals surface area contributed by atoms with Gasteiger partial charge in [-0.1, -0.05) is 12.1 Å². The highest BCUT2D eigenvalue weighted by atomic mass is 16.2. The largest absolute Gasteiger partial charge is 0.364 e. The number of aromatic nitrogens is 2. The van der Waals surface area contributed by atoms with Crippen LogP contribution in [0.1, 0.15) is 39.3 Å². The number of amides is 4. The van der Waals surface area contributed by atoms with Crippen molar-refractivity contribution in [1.29, 1.82) is 0 Å². The van der Waals surface area contributed by atoms with Gasteiger partial charge in [0.1, 0.15) is 5.69 Å². The van der Waals surface area contributed by atoms with Crippen LogP contribution in [-0.2, 0) is 16.1 Å². The quantitative estimate of drug-likeness (QED) is 0.592. The topological polar surface area (TPSA) is 127 Å². The first-order valence-corrected chi connectivity index (χ1v) is 9.60. The van der Waals surface area contributed by atoms with Gasteiger partial charge in [0.25, 0.3) is 11.8 Å². The van der Waals surface area contributed by atoms with Crippen molar-refractivity contribution < 1.29 is 19.2 Å². The molecule has 0 bridgehead atoms. The van der Waals surface area contributed by atoms with Crippen LogP contribution in [0.2, 0.25) is 0 Å². The van der Waals surface area contributed by atoms with Gasteiger partial charge in [-0.3, -0.25) is 24.1 Å². The van der Waals surface area contributed by atoms with Crippen molar-refractivity contribution >= 4 is 29.3 Å². The molecule has 0 saturated carbocycles. The first-order valence-electron chi connectivity index (χ1n) is 9.60. The Morgan fingerprint density at radius 1 is 0.935 bits per heavy atom. The Morgan fingerprint density at radius 2 is 1.58 bits per heavy atom. The van der Waals surface area contributed by atoms with E-state index in [1.165, 1.54) is 15.6 Å². The highest BCUT2D eigenvalue weighted by Gasteiger charge is 2.28. The average molecular weight is 417 g/mol. The molecule has 1 fully saturated rings. The van der Waals surface area contributed by atoms with Crippen molar-refractivity contribution in [3.05, 3.63) is 77.6 Å². The number of nitrogens with one attached hydrogen (secondary N) is 1. The third-order valence-corrected chi connectivity index (χ3v) is 4.94. The van der Waals surface area contributed by atoms with Gasteiger partial charge in [-0.2, -0.15) is 5.10 Å². The van der Waals surface area contributed by atoms with E-state index in [4.69, 9.17) is 5.73 Å². The fraction of sp³-hybridized carbons (Fsp3) is 0.136. The van der Waals surface area contributed by atoms with E-state index in [9.17, 15) is 19.2 Å². The highest BCUT2D eigenvalue weighted by molar-refractivity contribution is 6.04. The molecule has 1 saturated heterocycles. The summed E-state index contributed by atoms with van der Waals surface area (Å²) in [5.74, 6) is -1.23. The molecule has 1 aliphatic rings. The lowest BCUT2D eigenvalue weighted by molar-refractivity contribution is -0.139. The zero-order chi connectivity index (χ0) is 22.0. The van der Waals surface area contributed by atoms with Gasteiger partial charge in [-0.15, -0.1) is 0 Å². The molecule has 1 aliphatic heterocycles. The molecular formula is C22H19N5O4. The Labute approximate surface area is 177 Å². The van der Waals surface area contributed by atoms with E-state index < -0.39 is 5.91 Å². The molecule has 4 amide bonds. The van der Waals surface area contributed by atoms with Gasteiger partial charge in [0, 0.05) is 30.3 Å². The van der Waals surface area contributed by atoms with E-state index in [-0.39, 0.29) is 42.8 Å². The zero-order valence-electron chi connectivity index (χ0n) is 16.4. The monoisotopic (exact) mass is 417 g/mol. The highest BCUT2D eigenvalue weighted by Crippen LogP contribution is 2.18. The van der Waals surface area contributed by atoms with E-state index >= 15 is 0 Å². The number of rotatable bonds is 6. The Balaban J connectivity index is 1.39. The maximum atomic E-state index is 12.5. The van der Waals surface area contributed by atoms with Crippen LogP contribution in [0.25, 0.3) is 5.69 Å². The van der Waals surface area contributed by atoms with Crippen molar-refractivity contribution in [3.63, 3.8) is 0 Å². The number of carbonyl (C=O) groups excluding carboxylic acids is 4. The van der Waals surface area contributed by atoms with E-state index in [1.807, 2.05) is 0 Å². The summed E-state index contributed by atoms with van der Waals surface area (Å²) in [5, 5.41) is 6.89. The van der Waals surface area contributed by atoms with Gasteiger partial charge in [0.15, 0.2) is 0 Å². The number of likely N-dealkylation sites (tertiary alicyclic amines) is 1. The molecule has 0 aliphatic carbocycles. The third kappa shape index (κ3) is 4.35. The number of hydrogen-bond donors (Lipinski definition) is 2. The normalized spacial score (nSPS) is 13.5. The molecular weight excluding hydrogens is 398 g/mol. The minimum absolute atomic E-state index is 0.166. The van der Waals surface area contributed by atoms with Crippen LogP contribution in [0.5, 0.6) is 0 Å². The molecule has 156 valence electrons. The van der Waals surface area contributed by atoms with Crippen LogP contribution in [-0.4, -0.2) is 38.3 Å². The van der Waals surface area contributed by atoms with E-state index in [0.29, 0.717) is 16.9 Å². The zero-order valence-corrected chi connectivity index (χ0v) is 16.4. The van der Waals surface area contributed by atoms with Crippen LogP contribution in [0.4, 0.5) is 5.69 Å². The fourth-order valence-corrected chi connectivity index (χ4v) is 3.24. The van der Waals surface area contributed by atoms with Gasteiger partial charge >= 0.3 is 0 Å². The molecule has 4 rings (SSSR count). The summed E-state index contributed by atoms with van der Waals surface area (Å²) < 4.78 is 1.51. The molecule has 3 N–H and O–H groups in total. The van der Waals surface area contributed by atoms with Gasteiger partial charge in [-0.05, 0) is 48.0 Å². The van der Waals surface area contributed by atoms with Crippen LogP contribution < -0.4 is 11.1 Å². The second kappa shape index (κ2) is 8.23. The Morgan fingerprint density at radius 3 is 2.16 bits per heavy atom.